The Morgan fingerprint density at radius 2 is 1.56 bits per heavy atom. The first-order chi connectivity index (χ1) is 15.6. The van der Waals surface area contributed by atoms with Crippen LogP contribution in [0.15, 0.2) is 48.5 Å². The van der Waals surface area contributed by atoms with Crippen LogP contribution in [0.5, 0.6) is 0 Å². The van der Waals surface area contributed by atoms with Gasteiger partial charge in [-0.05, 0) is 105 Å². The van der Waals surface area contributed by atoms with E-state index in [9.17, 15) is 4.79 Å². The number of benzene rings is 2. The van der Waals surface area contributed by atoms with E-state index >= 15 is 0 Å². The van der Waals surface area contributed by atoms with Gasteiger partial charge in [-0.2, -0.15) is 0 Å². The molecule has 2 aromatic carbocycles. The Morgan fingerprint density at radius 3 is 2.22 bits per heavy atom. The molecule has 1 atom stereocenters. The second-order valence-corrected chi connectivity index (χ2v) is 10.8. The summed E-state index contributed by atoms with van der Waals surface area (Å²) in [5, 5.41) is 0. The van der Waals surface area contributed by atoms with Crippen LogP contribution in [0.4, 0.5) is 5.69 Å². The SMILES string of the molecule is NC(=O)c1ccc(N2CCC3(CC2)CC(N2CCC[C@@H]2c2ccccc2C2CC2)C3)cc1. The summed E-state index contributed by atoms with van der Waals surface area (Å²) in [4.78, 5) is 16.7. The van der Waals surface area contributed by atoms with Gasteiger partial charge in [-0.1, -0.05) is 24.3 Å². The number of hydrogen-bond donors (Lipinski definition) is 1. The Hall–Kier alpha value is -2.33. The van der Waals surface area contributed by atoms with Crippen LogP contribution in [0.3, 0.4) is 0 Å². The summed E-state index contributed by atoms with van der Waals surface area (Å²) >= 11 is 0. The van der Waals surface area contributed by atoms with E-state index in [4.69, 9.17) is 5.73 Å². The zero-order valence-corrected chi connectivity index (χ0v) is 19.0. The highest BCUT2D eigenvalue weighted by atomic mass is 16.1. The Kier molecular flexibility index (Phi) is 5.02. The largest absolute Gasteiger partial charge is 0.371 e. The highest BCUT2D eigenvalue weighted by Crippen LogP contribution is 2.54. The van der Waals surface area contributed by atoms with E-state index in [1.807, 2.05) is 24.3 Å². The summed E-state index contributed by atoms with van der Waals surface area (Å²) in [6, 6.07) is 18.6. The van der Waals surface area contributed by atoms with Crippen molar-refractivity contribution >= 4 is 11.6 Å². The van der Waals surface area contributed by atoms with E-state index < -0.39 is 0 Å². The topological polar surface area (TPSA) is 49.6 Å². The third-order valence-electron chi connectivity index (χ3n) is 8.81. The molecule has 2 saturated heterocycles. The molecule has 2 heterocycles. The van der Waals surface area contributed by atoms with Crippen molar-refractivity contribution in [3.05, 3.63) is 65.2 Å². The Morgan fingerprint density at radius 1 is 0.875 bits per heavy atom. The molecule has 6 rings (SSSR count). The molecule has 32 heavy (non-hydrogen) atoms. The van der Waals surface area contributed by atoms with Crippen molar-refractivity contribution in [2.24, 2.45) is 11.1 Å². The standard InChI is InChI=1S/C28H35N3O/c29-27(32)21-9-11-22(12-10-21)30-16-13-28(14-17-30)18-23(19-28)31-15-3-6-26(31)25-5-2-1-4-24(25)20-7-8-20/h1-2,4-5,9-12,20,23,26H,3,6-8,13-19H2,(H2,29,32)/t26-/m1/s1. The summed E-state index contributed by atoms with van der Waals surface area (Å²) in [5.41, 5.74) is 11.0. The number of carbonyl (C=O) groups excluding carboxylic acids is 1. The van der Waals surface area contributed by atoms with E-state index in [0.717, 1.165) is 25.0 Å². The Labute approximate surface area is 191 Å². The molecule has 4 heteroatoms. The van der Waals surface area contributed by atoms with Crippen LogP contribution in [0.2, 0.25) is 0 Å². The normalized spacial score (nSPS) is 25.8. The van der Waals surface area contributed by atoms with Gasteiger partial charge in [-0.3, -0.25) is 9.69 Å². The quantitative estimate of drug-likeness (QED) is 0.706. The van der Waals surface area contributed by atoms with Gasteiger partial charge in [0.25, 0.3) is 0 Å². The molecule has 0 bridgehead atoms. The molecule has 4 nitrogen and oxygen atoms in total. The maximum absolute atomic E-state index is 11.3. The number of rotatable bonds is 5. The summed E-state index contributed by atoms with van der Waals surface area (Å²) < 4.78 is 0. The highest BCUT2D eigenvalue weighted by Gasteiger charge is 2.50. The smallest absolute Gasteiger partial charge is 0.248 e. The van der Waals surface area contributed by atoms with Crippen molar-refractivity contribution in [1.82, 2.24) is 4.90 Å². The van der Waals surface area contributed by atoms with Gasteiger partial charge in [0.15, 0.2) is 0 Å². The van der Waals surface area contributed by atoms with Crippen molar-refractivity contribution in [3.8, 4) is 0 Å². The van der Waals surface area contributed by atoms with Gasteiger partial charge in [0.2, 0.25) is 5.91 Å². The zero-order chi connectivity index (χ0) is 21.7. The van der Waals surface area contributed by atoms with Gasteiger partial charge in [0.05, 0.1) is 0 Å². The summed E-state index contributed by atoms with van der Waals surface area (Å²) in [6.45, 7) is 3.52. The predicted molar refractivity (Wildman–Crippen MR) is 129 cm³/mol. The fourth-order valence-electron chi connectivity index (χ4n) is 6.80. The maximum Gasteiger partial charge on any atom is 0.248 e. The molecule has 0 unspecified atom stereocenters. The molecule has 2 aliphatic carbocycles. The van der Waals surface area contributed by atoms with E-state index in [0.29, 0.717) is 17.0 Å². The number of likely N-dealkylation sites (tertiary alicyclic amines) is 1. The molecule has 0 radical (unpaired) electrons. The summed E-state index contributed by atoms with van der Waals surface area (Å²) in [7, 11) is 0. The number of hydrogen-bond acceptors (Lipinski definition) is 3. The summed E-state index contributed by atoms with van der Waals surface area (Å²) in [5.74, 6) is 0.484. The number of nitrogens with two attached hydrogens (primary N) is 1. The fourth-order valence-corrected chi connectivity index (χ4v) is 6.80. The molecule has 2 aromatic rings. The number of carbonyl (C=O) groups is 1. The number of anilines is 1. The van der Waals surface area contributed by atoms with Gasteiger partial charge < -0.3 is 10.6 Å². The van der Waals surface area contributed by atoms with Gasteiger partial charge in [-0.25, -0.2) is 0 Å². The van der Waals surface area contributed by atoms with Crippen LogP contribution in [-0.2, 0) is 0 Å². The van der Waals surface area contributed by atoms with Crippen LogP contribution in [0.25, 0.3) is 0 Å². The molecule has 2 aliphatic heterocycles. The minimum absolute atomic E-state index is 0.352. The lowest BCUT2D eigenvalue weighted by atomic mass is 9.59. The first-order valence-electron chi connectivity index (χ1n) is 12.6. The van der Waals surface area contributed by atoms with Gasteiger partial charge >= 0.3 is 0 Å². The van der Waals surface area contributed by atoms with E-state index in [1.165, 1.54) is 63.6 Å². The molecule has 1 spiro atoms. The third kappa shape index (κ3) is 3.63. The predicted octanol–water partition coefficient (Wildman–Crippen LogP) is 5.25. The lowest BCUT2D eigenvalue weighted by Gasteiger charge is -2.56. The van der Waals surface area contributed by atoms with Crippen LogP contribution < -0.4 is 10.6 Å². The monoisotopic (exact) mass is 429 g/mol. The molecule has 2 saturated carbocycles. The molecule has 4 fully saturated rings. The number of amides is 1. The van der Waals surface area contributed by atoms with Crippen LogP contribution in [-0.4, -0.2) is 36.5 Å². The first-order valence-corrected chi connectivity index (χ1v) is 12.6. The second-order valence-electron chi connectivity index (χ2n) is 10.8. The van der Waals surface area contributed by atoms with Crippen LogP contribution in [0, 0.1) is 5.41 Å². The van der Waals surface area contributed by atoms with E-state index in [2.05, 4.69) is 34.1 Å². The molecule has 1 amide bonds. The van der Waals surface area contributed by atoms with Crippen molar-refractivity contribution in [2.45, 2.75) is 69.4 Å². The van der Waals surface area contributed by atoms with Crippen LogP contribution >= 0.6 is 0 Å². The van der Waals surface area contributed by atoms with Crippen molar-refractivity contribution in [2.75, 3.05) is 24.5 Å². The average Bonchev–Trinajstić information content (AvgIpc) is 3.54. The van der Waals surface area contributed by atoms with E-state index in [-0.39, 0.29) is 5.91 Å². The minimum atomic E-state index is -0.352. The molecular formula is C28H35N3O. The Balaban J connectivity index is 1.08. The van der Waals surface area contributed by atoms with Crippen molar-refractivity contribution in [3.63, 3.8) is 0 Å². The van der Waals surface area contributed by atoms with Crippen molar-refractivity contribution < 1.29 is 4.79 Å². The average molecular weight is 430 g/mol. The zero-order valence-electron chi connectivity index (χ0n) is 19.0. The number of piperidine rings is 1. The first kappa shape index (κ1) is 20.3. The molecule has 4 aliphatic rings. The highest BCUT2D eigenvalue weighted by molar-refractivity contribution is 5.93. The van der Waals surface area contributed by atoms with Crippen molar-refractivity contribution in [1.29, 1.82) is 0 Å². The molecular weight excluding hydrogens is 394 g/mol. The second kappa shape index (κ2) is 7.91. The van der Waals surface area contributed by atoms with Crippen LogP contribution in [0.1, 0.15) is 84.8 Å². The lowest BCUT2D eigenvalue weighted by Crippen LogP contribution is -2.54. The minimum Gasteiger partial charge on any atom is -0.371 e. The van der Waals surface area contributed by atoms with Gasteiger partial charge in [0, 0.05) is 36.4 Å². The number of nitrogens with zero attached hydrogens (tertiary/aromatic N) is 2. The molecule has 2 N–H and O–H groups in total. The molecule has 0 aromatic heterocycles. The third-order valence-corrected chi connectivity index (χ3v) is 8.81. The summed E-state index contributed by atoms with van der Waals surface area (Å²) in [6.07, 6.45) is 10.8. The fraction of sp³-hybridized carbons (Fsp3) is 0.536. The number of primary amides is 1. The van der Waals surface area contributed by atoms with Gasteiger partial charge in [-0.15, -0.1) is 0 Å². The Bertz CT molecular complexity index is 980. The molecule has 168 valence electrons. The van der Waals surface area contributed by atoms with E-state index in [1.54, 1.807) is 11.1 Å². The lowest BCUT2D eigenvalue weighted by molar-refractivity contribution is -0.0227. The maximum atomic E-state index is 11.3. The van der Waals surface area contributed by atoms with Gasteiger partial charge in [0.1, 0.15) is 0 Å².